The van der Waals surface area contributed by atoms with Crippen LogP contribution in [0.2, 0.25) is 0 Å². The fourth-order valence-corrected chi connectivity index (χ4v) is 6.81. The second kappa shape index (κ2) is 6.84. The summed E-state index contributed by atoms with van der Waals surface area (Å²) in [6, 6.07) is 0.806. The van der Waals surface area contributed by atoms with Crippen LogP contribution in [-0.2, 0) is 4.79 Å². The van der Waals surface area contributed by atoms with Crippen molar-refractivity contribution in [3.63, 3.8) is 0 Å². The maximum Gasteiger partial charge on any atom is 0.268 e. The van der Waals surface area contributed by atoms with Crippen LogP contribution in [0.4, 0.5) is 14.6 Å². The van der Waals surface area contributed by atoms with E-state index in [1.165, 1.54) is 6.42 Å². The number of likely N-dealkylation sites (tertiary alicyclic amines) is 1. The molecule has 6 rings (SSSR count). The van der Waals surface area contributed by atoms with Crippen molar-refractivity contribution in [1.29, 1.82) is 5.26 Å². The Morgan fingerprint density at radius 1 is 1.20 bits per heavy atom. The van der Waals surface area contributed by atoms with E-state index in [2.05, 4.69) is 20.6 Å². The van der Waals surface area contributed by atoms with Gasteiger partial charge in [-0.25, -0.2) is 13.8 Å². The van der Waals surface area contributed by atoms with E-state index in [1.807, 2.05) is 6.07 Å². The molecule has 30 heavy (non-hydrogen) atoms. The van der Waals surface area contributed by atoms with Gasteiger partial charge in [0, 0.05) is 29.9 Å². The normalized spacial score (nSPS) is 38.4. The highest BCUT2D eigenvalue weighted by molar-refractivity contribution is 5.79. The van der Waals surface area contributed by atoms with Gasteiger partial charge in [0.15, 0.2) is 0 Å². The number of rotatable bonds is 5. The molecule has 160 valence electrons. The zero-order valence-corrected chi connectivity index (χ0v) is 16.8. The molecule has 1 saturated heterocycles. The third-order valence-corrected chi connectivity index (χ3v) is 7.37. The van der Waals surface area contributed by atoms with E-state index in [0.29, 0.717) is 11.8 Å². The molecular formula is C21H26F2N6O. The van der Waals surface area contributed by atoms with E-state index in [4.69, 9.17) is 0 Å². The Bertz CT molecular complexity index is 858. The number of anilines is 1. The number of amides is 1. The van der Waals surface area contributed by atoms with E-state index in [9.17, 15) is 18.8 Å². The predicted octanol–water partition coefficient (Wildman–Crippen LogP) is 2.33. The van der Waals surface area contributed by atoms with Crippen molar-refractivity contribution in [1.82, 2.24) is 20.2 Å². The van der Waals surface area contributed by atoms with Crippen LogP contribution in [0.15, 0.2) is 18.6 Å². The Hall–Kier alpha value is -2.34. The van der Waals surface area contributed by atoms with Gasteiger partial charge in [-0.1, -0.05) is 0 Å². The van der Waals surface area contributed by atoms with Crippen LogP contribution < -0.4 is 10.6 Å². The third kappa shape index (κ3) is 3.51. The van der Waals surface area contributed by atoms with Gasteiger partial charge in [0.05, 0.1) is 25.4 Å². The average Bonchev–Trinajstić information content (AvgIpc) is 3.00. The summed E-state index contributed by atoms with van der Waals surface area (Å²) in [6.07, 6.45) is 10.7. The number of nitrogens with one attached hydrogen (secondary N) is 2. The van der Waals surface area contributed by atoms with Crippen LogP contribution >= 0.6 is 0 Å². The smallest absolute Gasteiger partial charge is 0.268 e. The molecule has 1 aliphatic heterocycles. The Morgan fingerprint density at radius 3 is 2.60 bits per heavy atom. The van der Waals surface area contributed by atoms with Gasteiger partial charge in [0.25, 0.3) is 5.92 Å². The van der Waals surface area contributed by atoms with Crippen LogP contribution in [-0.4, -0.2) is 56.9 Å². The van der Waals surface area contributed by atoms with E-state index in [-0.39, 0.29) is 17.6 Å². The first-order valence-electron chi connectivity index (χ1n) is 10.7. The van der Waals surface area contributed by atoms with E-state index < -0.39 is 30.8 Å². The maximum absolute atomic E-state index is 13.7. The van der Waals surface area contributed by atoms with E-state index >= 15 is 0 Å². The number of hydrogen-bond acceptors (Lipinski definition) is 6. The second-order valence-corrected chi connectivity index (χ2v) is 9.82. The molecule has 2 heterocycles. The molecule has 4 bridgehead atoms. The van der Waals surface area contributed by atoms with Crippen LogP contribution in [0.25, 0.3) is 0 Å². The van der Waals surface area contributed by atoms with Crippen LogP contribution in [0.3, 0.4) is 0 Å². The number of alkyl halides is 2. The Kier molecular flexibility index (Phi) is 4.47. The van der Waals surface area contributed by atoms with Crippen molar-refractivity contribution in [2.75, 3.05) is 18.4 Å². The Labute approximate surface area is 174 Å². The highest BCUT2D eigenvalue weighted by atomic mass is 19.3. The minimum Gasteiger partial charge on any atom is -0.363 e. The molecule has 9 heteroatoms. The number of aromatic nitrogens is 2. The molecule has 4 aliphatic carbocycles. The minimum absolute atomic E-state index is 0.00504. The van der Waals surface area contributed by atoms with Gasteiger partial charge in [-0.2, -0.15) is 5.26 Å². The first-order chi connectivity index (χ1) is 14.3. The van der Waals surface area contributed by atoms with Crippen molar-refractivity contribution in [3.05, 3.63) is 18.6 Å². The summed E-state index contributed by atoms with van der Waals surface area (Å²) in [7, 11) is 0. The molecule has 0 spiro atoms. The molecule has 0 radical (unpaired) electrons. The van der Waals surface area contributed by atoms with Gasteiger partial charge in [0.2, 0.25) is 5.91 Å². The number of nitrogens with zero attached hydrogens (tertiary/aromatic N) is 4. The summed E-state index contributed by atoms with van der Waals surface area (Å²) in [5, 5.41) is 16.3. The van der Waals surface area contributed by atoms with Crippen LogP contribution in [0.5, 0.6) is 0 Å². The standard InChI is InChI=1S/C21H26F2N6O/c22-21(23)8-16(9-24)29(13-21)18(30)11-27-19-4-14-3-15(5-19)7-20(6-14,12-19)28-17-10-25-1-2-26-17/h1-2,10,14-16,27H,3-8,11-13H2,(H,26,28)/t14?,15?,16-,19?,20?/m0/s1. The highest BCUT2D eigenvalue weighted by Gasteiger charge is 2.58. The molecule has 2 unspecified atom stereocenters. The molecule has 1 amide bonds. The fourth-order valence-electron chi connectivity index (χ4n) is 6.81. The molecule has 3 atom stereocenters. The van der Waals surface area contributed by atoms with Gasteiger partial charge >= 0.3 is 0 Å². The van der Waals surface area contributed by atoms with Gasteiger partial charge in [-0.15, -0.1) is 0 Å². The van der Waals surface area contributed by atoms with E-state index in [1.54, 1.807) is 18.6 Å². The first kappa shape index (κ1) is 19.6. The van der Waals surface area contributed by atoms with Crippen molar-refractivity contribution in [2.24, 2.45) is 11.8 Å². The molecule has 5 fully saturated rings. The number of carbonyl (C=O) groups is 1. The molecule has 4 saturated carbocycles. The summed E-state index contributed by atoms with van der Waals surface area (Å²) >= 11 is 0. The monoisotopic (exact) mass is 416 g/mol. The predicted molar refractivity (Wildman–Crippen MR) is 104 cm³/mol. The first-order valence-corrected chi connectivity index (χ1v) is 10.7. The fraction of sp³-hybridized carbons (Fsp3) is 0.714. The topological polar surface area (TPSA) is 93.9 Å². The van der Waals surface area contributed by atoms with Gasteiger partial charge < -0.3 is 15.5 Å². The SMILES string of the molecule is N#C[C@@H]1CC(F)(F)CN1C(=O)CNC12CC3CC(C1)CC(Nc1cnccn1)(C3)C2. The van der Waals surface area contributed by atoms with Gasteiger partial charge in [0.1, 0.15) is 11.9 Å². The zero-order chi connectivity index (χ0) is 21.0. The van der Waals surface area contributed by atoms with Crippen LogP contribution in [0, 0.1) is 23.2 Å². The van der Waals surface area contributed by atoms with Crippen molar-refractivity contribution in [3.8, 4) is 6.07 Å². The molecular weight excluding hydrogens is 390 g/mol. The second-order valence-electron chi connectivity index (χ2n) is 9.82. The summed E-state index contributed by atoms with van der Waals surface area (Å²) in [5.74, 6) is -1.49. The lowest BCUT2D eigenvalue weighted by Crippen LogP contribution is -2.67. The number of halogens is 2. The summed E-state index contributed by atoms with van der Waals surface area (Å²) in [5.41, 5.74) is -0.259. The van der Waals surface area contributed by atoms with Gasteiger partial charge in [-0.05, 0) is 50.4 Å². The lowest BCUT2D eigenvalue weighted by atomic mass is 9.50. The summed E-state index contributed by atoms with van der Waals surface area (Å²) < 4.78 is 27.4. The van der Waals surface area contributed by atoms with Crippen molar-refractivity contribution < 1.29 is 13.6 Å². The largest absolute Gasteiger partial charge is 0.363 e. The van der Waals surface area contributed by atoms with Crippen molar-refractivity contribution in [2.45, 2.75) is 68.0 Å². The maximum atomic E-state index is 13.7. The van der Waals surface area contributed by atoms with Crippen molar-refractivity contribution >= 4 is 11.7 Å². The molecule has 5 aliphatic rings. The molecule has 7 nitrogen and oxygen atoms in total. The van der Waals surface area contributed by atoms with Gasteiger partial charge in [-0.3, -0.25) is 9.78 Å². The molecule has 2 N–H and O–H groups in total. The summed E-state index contributed by atoms with van der Waals surface area (Å²) in [6.45, 7) is -0.670. The molecule has 1 aromatic heterocycles. The Balaban J connectivity index is 1.29. The van der Waals surface area contributed by atoms with Crippen LogP contribution in [0.1, 0.15) is 44.9 Å². The summed E-state index contributed by atoms with van der Waals surface area (Å²) in [4.78, 5) is 22.3. The Morgan fingerprint density at radius 2 is 1.93 bits per heavy atom. The lowest BCUT2D eigenvalue weighted by molar-refractivity contribution is -0.132. The number of carbonyl (C=O) groups excluding carboxylic acids is 1. The lowest BCUT2D eigenvalue weighted by Gasteiger charge is -2.62. The zero-order valence-electron chi connectivity index (χ0n) is 16.8. The average molecular weight is 416 g/mol. The number of nitriles is 1. The minimum atomic E-state index is -2.98. The molecule has 0 aromatic carbocycles. The highest BCUT2D eigenvalue weighted by Crippen LogP contribution is 2.58. The third-order valence-electron chi connectivity index (χ3n) is 7.37. The quantitative estimate of drug-likeness (QED) is 0.765. The van der Waals surface area contributed by atoms with E-state index in [0.717, 1.165) is 42.8 Å². The number of hydrogen-bond donors (Lipinski definition) is 2. The molecule has 1 aromatic rings.